The Balaban J connectivity index is 1.69. The van der Waals surface area contributed by atoms with Gasteiger partial charge in [-0.05, 0) is 42.0 Å². The van der Waals surface area contributed by atoms with Gasteiger partial charge in [0.05, 0.1) is 0 Å². The van der Waals surface area contributed by atoms with E-state index in [0.29, 0.717) is 22.9 Å². The molecule has 1 heterocycles. The van der Waals surface area contributed by atoms with Gasteiger partial charge in [-0.15, -0.1) is 0 Å². The molecule has 0 atom stereocenters. The highest BCUT2D eigenvalue weighted by Crippen LogP contribution is 2.25. The van der Waals surface area contributed by atoms with Gasteiger partial charge >= 0.3 is 0 Å². The lowest BCUT2D eigenvalue weighted by molar-refractivity contribution is 0.0924. The van der Waals surface area contributed by atoms with Crippen molar-refractivity contribution in [2.45, 2.75) is 6.54 Å². The van der Waals surface area contributed by atoms with Crippen molar-refractivity contribution in [1.82, 2.24) is 5.32 Å². The summed E-state index contributed by atoms with van der Waals surface area (Å²) >= 11 is 5.91. The van der Waals surface area contributed by atoms with Crippen LogP contribution in [0.15, 0.2) is 65.1 Å². The molecule has 5 heteroatoms. The highest BCUT2D eigenvalue weighted by atomic mass is 35.5. The Morgan fingerprint density at radius 1 is 1.09 bits per heavy atom. The van der Waals surface area contributed by atoms with Gasteiger partial charge in [0, 0.05) is 17.1 Å². The fourth-order valence-corrected chi connectivity index (χ4v) is 2.40. The van der Waals surface area contributed by atoms with Crippen LogP contribution in [0, 0.1) is 0 Å². The third-order valence-corrected chi connectivity index (χ3v) is 3.54. The van der Waals surface area contributed by atoms with Crippen LogP contribution in [0.1, 0.15) is 16.1 Å². The molecule has 0 aliphatic carbocycles. The van der Waals surface area contributed by atoms with Gasteiger partial charge in [0.25, 0.3) is 5.91 Å². The van der Waals surface area contributed by atoms with E-state index in [0.717, 1.165) is 5.56 Å². The average molecular weight is 328 g/mol. The van der Waals surface area contributed by atoms with Gasteiger partial charge in [-0.1, -0.05) is 35.9 Å². The lowest BCUT2D eigenvalue weighted by Crippen LogP contribution is -2.22. The second-order valence-corrected chi connectivity index (χ2v) is 5.46. The predicted octanol–water partition coefficient (Wildman–Crippen LogP) is 4.24. The van der Waals surface area contributed by atoms with E-state index in [2.05, 4.69) is 5.32 Å². The summed E-state index contributed by atoms with van der Waals surface area (Å²) in [6, 6.07) is 17.2. The van der Waals surface area contributed by atoms with E-state index < -0.39 is 0 Å². The van der Waals surface area contributed by atoms with E-state index >= 15 is 0 Å². The number of rotatable bonds is 4. The van der Waals surface area contributed by atoms with Crippen molar-refractivity contribution in [3.63, 3.8) is 0 Å². The quantitative estimate of drug-likeness (QED) is 0.753. The van der Waals surface area contributed by atoms with Gasteiger partial charge in [-0.25, -0.2) is 0 Å². The topological polar surface area (TPSA) is 62.5 Å². The molecule has 0 radical (unpaired) electrons. The molecular formula is C18H14ClNO3. The summed E-state index contributed by atoms with van der Waals surface area (Å²) in [5.41, 5.74) is 1.62. The molecule has 0 saturated heterocycles. The number of phenolic OH excluding ortho intramolecular Hbond substituents is 1. The molecule has 0 aliphatic rings. The van der Waals surface area contributed by atoms with Gasteiger partial charge < -0.3 is 14.8 Å². The number of aromatic hydroxyl groups is 1. The summed E-state index contributed by atoms with van der Waals surface area (Å²) in [6.07, 6.45) is 0. The number of benzene rings is 2. The molecule has 0 spiro atoms. The van der Waals surface area contributed by atoms with Crippen molar-refractivity contribution in [2.24, 2.45) is 0 Å². The molecule has 4 nitrogen and oxygen atoms in total. The van der Waals surface area contributed by atoms with Gasteiger partial charge in [-0.2, -0.15) is 0 Å². The predicted molar refractivity (Wildman–Crippen MR) is 88.4 cm³/mol. The number of carbonyl (C=O) groups excluding carboxylic acids is 1. The number of furan rings is 1. The maximum Gasteiger partial charge on any atom is 0.287 e. The smallest absolute Gasteiger partial charge is 0.287 e. The number of phenols is 1. The number of nitrogens with one attached hydrogen (secondary N) is 1. The van der Waals surface area contributed by atoms with Crippen molar-refractivity contribution in [3.8, 4) is 17.1 Å². The highest BCUT2D eigenvalue weighted by Gasteiger charge is 2.12. The van der Waals surface area contributed by atoms with Crippen molar-refractivity contribution in [1.29, 1.82) is 0 Å². The van der Waals surface area contributed by atoms with Crippen molar-refractivity contribution in [3.05, 3.63) is 77.0 Å². The molecule has 2 aromatic carbocycles. The monoisotopic (exact) mass is 327 g/mol. The summed E-state index contributed by atoms with van der Waals surface area (Å²) < 4.78 is 5.55. The van der Waals surface area contributed by atoms with Crippen molar-refractivity contribution < 1.29 is 14.3 Å². The van der Waals surface area contributed by atoms with Crippen LogP contribution in [0.25, 0.3) is 11.3 Å². The van der Waals surface area contributed by atoms with Gasteiger partial charge in [0.15, 0.2) is 5.76 Å². The number of hydrogen-bond acceptors (Lipinski definition) is 3. The Labute approximate surface area is 138 Å². The number of carbonyl (C=O) groups is 1. The zero-order chi connectivity index (χ0) is 16.2. The first-order valence-corrected chi connectivity index (χ1v) is 7.41. The minimum atomic E-state index is -0.309. The summed E-state index contributed by atoms with van der Waals surface area (Å²) in [4.78, 5) is 12.1. The molecule has 0 fully saturated rings. The minimum absolute atomic E-state index is 0.144. The zero-order valence-corrected chi connectivity index (χ0v) is 12.9. The first kappa shape index (κ1) is 15.2. The minimum Gasteiger partial charge on any atom is -0.508 e. The third-order valence-electron chi connectivity index (χ3n) is 3.30. The van der Waals surface area contributed by atoms with Gasteiger partial charge in [0.1, 0.15) is 11.5 Å². The highest BCUT2D eigenvalue weighted by molar-refractivity contribution is 6.30. The zero-order valence-electron chi connectivity index (χ0n) is 12.1. The van der Waals surface area contributed by atoms with Crippen LogP contribution in [0.4, 0.5) is 0 Å². The normalized spacial score (nSPS) is 10.5. The van der Waals surface area contributed by atoms with Crippen LogP contribution >= 0.6 is 11.6 Å². The molecule has 1 amide bonds. The Bertz CT molecular complexity index is 842. The maximum absolute atomic E-state index is 12.1. The van der Waals surface area contributed by atoms with Gasteiger partial charge in [0.2, 0.25) is 0 Å². The van der Waals surface area contributed by atoms with E-state index in [1.807, 2.05) is 12.1 Å². The van der Waals surface area contributed by atoms with Crippen LogP contribution in [-0.2, 0) is 6.54 Å². The van der Waals surface area contributed by atoms with E-state index in [4.69, 9.17) is 16.0 Å². The second kappa shape index (κ2) is 6.58. The maximum atomic E-state index is 12.1. The molecular weight excluding hydrogens is 314 g/mol. The van der Waals surface area contributed by atoms with Gasteiger partial charge in [-0.3, -0.25) is 4.79 Å². The summed E-state index contributed by atoms with van der Waals surface area (Å²) in [5, 5.41) is 12.9. The van der Waals surface area contributed by atoms with E-state index in [9.17, 15) is 9.90 Å². The Hall–Kier alpha value is -2.72. The lowest BCUT2D eigenvalue weighted by Gasteiger charge is -2.04. The molecule has 0 bridgehead atoms. The van der Waals surface area contributed by atoms with Crippen molar-refractivity contribution in [2.75, 3.05) is 0 Å². The number of halogens is 1. The SMILES string of the molecule is O=C(NCc1cccc(Cl)c1)c1ccc(-c2cccc(O)c2)o1. The molecule has 116 valence electrons. The molecule has 3 rings (SSSR count). The van der Waals surface area contributed by atoms with Crippen LogP contribution in [-0.4, -0.2) is 11.0 Å². The first-order chi connectivity index (χ1) is 11.1. The van der Waals surface area contributed by atoms with E-state index in [1.165, 1.54) is 0 Å². The summed E-state index contributed by atoms with van der Waals surface area (Å²) in [6.45, 7) is 0.363. The molecule has 23 heavy (non-hydrogen) atoms. The first-order valence-electron chi connectivity index (χ1n) is 7.04. The molecule has 1 aromatic heterocycles. The Morgan fingerprint density at radius 2 is 1.91 bits per heavy atom. The van der Waals surface area contributed by atoms with Crippen molar-refractivity contribution >= 4 is 17.5 Å². The molecule has 0 unspecified atom stereocenters. The second-order valence-electron chi connectivity index (χ2n) is 5.03. The lowest BCUT2D eigenvalue weighted by atomic mass is 10.2. The average Bonchev–Trinajstić information content (AvgIpc) is 3.03. The standard InChI is InChI=1S/C18H14ClNO3/c19-14-5-1-3-12(9-14)11-20-18(22)17-8-7-16(23-17)13-4-2-6-15(21)10-13/h1-10,21H,11H2,(H,20,22). The van der Waals surface area contributed by atoms with E-state index in [-0.39, 0.29) is 17.4 Å². The van der Waals surface area contributed by atoms with Crippen LogP contribution in [0.2, 0.25) is 5.02 Å². The summed E-state index contributed by atoms with van der Waals surface area (Å²) in [7, 11) is 0. The number of hydrogen-bond donors (Lipinski definition) is 2. The fourth-order valence-electron chi connectivity index (χ4n) is 2.19. The molecule has 3 aromatic rings. The molecule has 0 saturated carbocycles. The molecule has 2 N–H and O–H groups in total. The molecule has 0 aliphatic heterocycles. The Morgan fingerprint density at radius 3 is 2.70 bits per heavy atom. The Kier molecular flexibility index (Phi) is 4.35. The largest absolute Gasteiger partial charge is 0.508 e. The summed E-state index contributed by atoms with van der Waals surface area (Å²) in [5.74, 6) is 0.571. The van der Waals surface area contributed by atoms with Crippen LogP contribution in [0.5, 0.6) is 5.75 Å². The fraction of sp³-hybridized carbons (Fsp3) is 0.0556. The van der Waals surface area contributed by atoms with Crippen LogP contribution < -0.4 is 5.32 Å². The third kappa shape index (κ3) is 3.73. The van der Waals surface area contributed by atoms with Crippen LogP contribution in [0.3, 0.4) is 0 Å². The number of amides is 1. The van der Waals surface area contributed by atoms with E-state index in [1.54, 1.807) is 48.5 Å².